The Morgan fingerprint density at radius 2 is 1.84 bits per heavy atom. The molecule has 3 N–H and O–H groups in total. The van der Waals surface area contributed by atoms with Crippen molar-refractivity contribution in [3.8, 4) is 0 Å². The van der Waals surface area contributed by atoms with Crippen LogP contribution in [-0.4, -0.2) is 51.3 Å². The molecule has 0 fully saturated rings. The van der Waals surface area contributed by atoms with E-state index >= 15 is 0 Å². The fraction of sp³-hybridized carbons (Fsp3) is 0.500. The summed E-state index contributed by atoms with van der Waals surface area (Å²) in [5.74, 6) is 0.495. The minimum Gasteiger partial charge on any atom is -0.380 e. The summed E-state index contributed by atoms with van der Waals surface area (Å²) in [6.07, 6.45) is 0. The van der Waals surface area contributed by atoms with E-state index in [-0.39, 0.29) is 29.9 Å². The number of aliphatic imine (C=N–C) groups is 1. The number of nitrogens with one attached hydrogen (secondary N) is 3. The quantitative estimate of drug-likeness (QED) is 0.210. The lowest BCUT2D eigenvalue weighted by molar-refractivity contribution is 0.0954. The van der Waals surface area contributed by atoms with Gasteiger partial charge in [0.15, 0.2) is 5.96 Å². The summed E-state index contributed by atoms with van der Waals surface area (Å²) < 4.78 is 5.25. The molecule has 0 radical (unpaired) electrons. The lowest BCUT2D eigenvalue weighted by Gasteiger charge is -2.12. The smallest absolute Gasteiger partial charge is 0.251 e. The van der Waals surface area contributed by atoms with Gasteiger partial charge in [-0.15, -0.1) is 24.0 Å². The van der Waals surface area contributed by atoms with Gasteiger partial charge in [-0.25, -0.2) is 0 Å². The summed E-state index contributed by atoms with van der Waals surface area (Å²) in [4.78, 5) is 16.4. The number of carbonyl (C=O) groups is 1. The molecule has 0 spiro atoms. The second kappa shape index (κ2) is 14.4. The van der Waals surface area contributed by atoms with Crippen LogP contribution in [0.1, 0.15) is 24.2 Å². The highest BCUT2D eigenvalue weighted by Crippen LogP contribution is 2.22. The highest BCUT2D eigenvalue weighted by Gasteiger charge is 2.07. The summed E-state index contributed by atoms with van der Waals surface area (Å²) >= 11 is 11.7. The molecule has 6 nitrogen and oxygen atoms in total. The number of guanidine groups is 1. The molecule has 0 heterocycles. The van der Waals surface area contributed by atoms with Crippen LogP contribution in [0.25, 0.3) is 0 Å². The van der Waals surface area contributed by atoms with Crippen LogP contribution >= 0.6 is 47.2 Å². The van der Waals surface area contributed by atoms with E-state index in [4.69, 9.17) is 27.9 Å². The number of halogens is 3. The first-order valence-electron chi connectivity index (χ1n) is 7.91. The van der Waals surface area contributed by atoms with Gasteiger partial charge in [0.25, 0.3) is 5.91 Å². The van der Waals surface area contributed by atoms with E-state index in [1.54, 1.807) is 18.2 Å². The number of hydrogen-bond acceptors (Lipinski definition) is 3. The van der Waals surface area contributed by atoms with E-state index in [9.17, 15) is 4.79 Å². The van der Waals surface area contributed by atoms with Gasteiger partial charge in [-0.2, -0.15) is 0 Å². The number of amides is 1. The maximum absolute atomic E-state index is 12.0. The third-order valence-electron chi connectivity index (χ3n) is 2.94. The van der Waals surface area contributed by atoms with Gasteiger partial charge in [0, 0.05) is 31.8 Å². The Hall–Kier alpha value is -0.770. The Kier molecular flexibility index (Phi) is 14.0. The van der Waals surface area contributed by atoms with Crippen LogP contribution in [0.5, 0.6) is 0 Å². The molecule has 1 aromatic rings. The minimum absolute atomic E-state index is 0. The van der Waals surface area contributed by atoms with Crippen molar-refractivity contribution >= 4 is 59.0 Å². The van der Waals surface area contributed by atoms with Crippen molar-refractivity contribution in [1.29, 1.82) is 0 Å². The van der Waals surface area contributed by atoms with Crippen LogP contribution in [0.3, 0.4) is 0 Å². The minimum atomic E-state index is -0.200. The van der Waals surface area contributed by atoms with Gasteiger partial charge in [-0.1, -0.05) is 23.2 Å². The maximum Gasteiger partial charge on any atom is 0.251 e. The lowest BCUT2D eigenvalue weighted by atomic mass is 10.2. The fourth-order valence-corrected chi connectivity index (χ4v) is 2.10. The molecule has 0 aromatic heterocycles. The number of carbonyl (C=O) groups excluding carboxylic acids is 1. The van der Waals surface area contributed by atoms with E-state index in [1.165, 1.54) is 0 Å². The van der Waals surface area contributed by atoms with Crippen LogP contribution in [-0.2, 0) is 4.74 Å². The molecule has 9 heteroatoms. The summed E-state index contributed by atoms with van der Waals surface area (Å²) in [5, 5.41) is 9.87. The average molecular weight is 503 g/mol. The predicted molar refractivity (Wildman–Crippen MR) is 115 cm³/mol. The molecule has 0 bridgehead atoms. The first kappa shape index (κ1) is 24.2. The lowest BCUT2D eigenvalue weighted by Crippen LogP contribution is -2.41. The van der Waals surface area contributed by atoms with Crippen LogP contribution in [0, 0.1) is 0 Å². The second-order valence-electron chi connectivity index (χ2n) is 4.77. The van der Waals surface area contributed by atoms with Gasteiger partial charge in [-0.05, 0) is 32.0 Å². The standard InChI is InChI=1S/C16H24Cl2N4O2.HI/c1-3-19-16(22-9-10-24-4-2)21-8-7-20-15(23)12-5-6-13(17)14(18)11-12;/h5-6,11H,3-4,7-10H2,1-2H3,(H,20,23)(H2,19,21,22);1H. The van der Waals surface area contributed by atoms with Crippen molar-refractivity contribution in [2.45, 2.75) is 13.8 Å². The Morgan fingerprint density at radius 3 is 2.48 bits per heavy atom. The van der Waals surface area contributed by atoms with Gasteiger partial charge >= 0.3 is 0 Å². The van der Waals surface area contributed by atoms with Crippen molar-refractivity contribution < 1.29 is 9.53 Å². The molecule has 0 aliphatic heterocycles. The largest absolute Gasteiger partial charge is 0.380 e. The SMILES string of the molecule is CCNC(=NCCOCC)NCCNC(=O)c1ccc(Cl)c(Cl)c1.I. The Morgan fingerprint density at radius 1 is 1.12 bits per heavy atom. The Bertz CT molecular complexity index is 559. The average Bonchev–Trinajstić information content (AvgIpc) is 2.57. The van der Waals surface area contributed by atoms with E-state index in [1.807, 2.05) is 13.8 Å². The Labute approximate surface area is 176 Å². The summed E-state index contributed by atoms with van der Waals surface area (Å²) in [5.41, 5.74) is 0.474. The van der Waals surface area contributed by atoms with Gasteiger partial charge in [0.05, 0.1) is 23.2 Å². The summed E-state index contributed by atoms with van der Waals surface area (Å²) in [7, 11) is 0. The van der Waals surface area contributed by atoms with Crippen molar-refractivity contribution in [2.24, 2.45) is 4.99 Å². The van der Waals surface area contributed by atoms with E-state index in [0.29, 0.717) is 54.4 Å². The fourth-order valence-electron chi connectivity index (χ4n) is 1.80. The van der Waals surface area contributed by atoms with Crippen LogP contribution < -0.4 is 16.0 Å². The van der Waals surface area contributed by atoms with Gasteiger partial charge in [0.1, 0.15) is 0 Å². The normalized spacial score (nSPS) is 10.8. The zero-order chi connectivity index (χ0) is 17.8. The highest BCUT2D eigenvalue weighted by molar-refractivity contribution is 14.0. The number of ether oxygens (including phenoxy) is 1. The summed E-state index contributed by atoms with van der Waals surface area (Å²) in [6, 6.07) is 4.79. The van der Waals surface area contributed by atoms with Gasteiger partial charge < -0.3 is 20.7 Å². The molecular weight excluding hydrogens is 478 g/mol. The summed E-state index contributed by atoms with van der Waals surface area (Å²) in [6.45, 7) is 7.55. The van der Waals surface area contributed by atoms with E-state index in [2.05, 4.69) is 20.9 Å². The number of benzene rings is 1. The van der Waals surface area contributed by atoms with Gasteiger partial charge in [-0.3, -0.25) is 9.79 Å². The third kappa shape index (κ3) is 10.1. The van der Waals surface area contributed by atoms with Crippen molar-refractivity contribution in [1.82, 2.24) is 16.0 Å². The van der Waals surface area contributed by atoms with Gasteiger partial charge in [0.2, 0.25) is 0 Å². The monoisotopic (exact) mass is 502 g/mol. The molecule has 1 rings (SSSR count). The molecule has 0 aliphatic rings. The van der Waals surface area contributed by atoms with Crippen LogP contribution in [0.2, 0.25) is 10.0 Å². The molecule has 142 valence electrons. The maximum atomic E-state index is 12.0. The topological polar surface area (TPSA) is 74.8 Å². The molecule has 1 aromatic carbocycles. The number of rotatable bonds is 9. The molecular formula is C16H25Cl2IN4O2. The molecule has 0 atom stereocenters. The molecule has 0 saturated carbocycles. The first-order valence-corrected chi connectivity index (χ1v) is 8.67. The zero-order valence-corrected chi connectivity index (χ0v) is 18.2. The highest BCUT2D eigenvalue weighted by atomic mass is 127. The molecule has 1 amide bonds. The molecule has 0 unspecified atom stereocenters. The molecule has 25 heavy (non-hydrogen) atoms. The van der Waals surface area contributed by atoms with Crippen molar-refractivity contribution in [3.63, 3.8) is 0 Å². The van der Waals surface area contributed by atoms with Crippen LogP contribution in [0.4, 0.5) is 0 Å². The first-order chi connectivity index (χ1) is 11.6. The number of hydrogen-bond donors (Lipinski definition) is 3. The number of nitrogens with zero attached hydrogens (tertiary/aromatic N) is 1. The Balaban J connectivity index is 0.00000576. The molecule has 0 aliphatic carbocycles. The third-order valence-corrected chi connectivity index (χ3v) is 3.68. The van der Waals surface area contributed by atoms with Crippen molar-refractivity contribution in [3.05, 3.63) is 33.8 Å². The predicted octanol–water partition coefficient (Wildman–Crippen LogP) is 2.93. The van der Waals surface area contributed by atoms with E-state index < -0.39 is 0 Å². The van der Waals surface area contributed by atoms with Crippen molar-refractivity contribution in [2.75, 3.05) is 39.4 Å². The second-order valence-corrected chi connectivity index (χ2v) is 5.58. The molecule has 0 saturated heterocycles. The van der Waals surface area contributed by atoms with Crippen LogP contribution in [0.15, 0.2) is 23.2 Å². The zero-order valence-electron chi connectivity index (χ0n) is 14.4. The van der Waals surface area contributed by atoms with E-state index in [0.717, 1.165) is 6.54 Å².